The van der Waals surface area contributed by atoms with Crippen molar-refractivity contribution in [3.8, 4) is 17.1 Å². The summed E-state index contributed by atoms with van der Waals surface area (Å²) in [6, 6.07) is 12.8. The zero-order valence-corrected chi connectivity index (χ0v) is 16.5. The van der Waals surface area contributed by atoms with Crippen LogP contribution in [0, 0.1) is 17.0 Å². The van der Waals surface area contributed by atoms with Crippen LogP contribution in [-0.2, 0) is 4.79 Å². The Morgan fingerprint density at radius 3 is 2.42 bits per heavy atom. The number of nitro benzene ring substituents is 1. The van der Waals surface area contributed by atoms with Crippen molar-refractivity contribution in [2.45, 2.75) is 6.92 Å². The van der Waals surface area contributed by atoms with Gasteiger partial charge in [-0.15, -0.1) is 0 Å². The topological polar surface area (TPSA) is 149 Å². The second-order valence-corrected chi connectivity index (χ2v) is 6.43. The number of benzene rings is 2. The molecule has 0 bridgehead atoms. The second-order valence-electron chi connectivity index (χ2n) is 6.43. The Labute approximate surface area is 176 Å². The Balaban J connectivity index is 1.37. The SMILES string of the molecule is Cc1ccc(-c2noc(C(=O)NCCNC(=O)COc3ccc([N+](=O)[O-])cc3)n2)cc1. The van der Waals surface area contributed by atoms with Crippen LogP contribution in [0.3, 0.4) is 0 Å². The van der Waals surface area contributed by atoms with Crippen LogP contribution in [-0.4, -0.2) is 46.6 Å². The van der Waals surface area contributed by atoms with Gasteiger partial charge in [0.15, 0.2) is 6.61 Å². The van der Waals surface area contributed by atoms with Gasteiger partial charge in [0.25, 0.3) is 11.6 Å². The lowest BCUT2D eigenvalue weighted by molar-refractivity contribution is -0.384. The summed E-state index contributed by atoms with van der Waals surface area (Å²) in [4.78, 5) is 38.0. The molecule has 0 fully saturated rings. The third-order valence-corrected chi connectivity index (χ3v) is 4.08. The third kappa shape index (κ3) is 6.10. The number of hydrogen-bond donors (Lipinski definition) is 2. The van der Waals surface area contributed by atoms with Gasteiger partial charge in [0.2, 0.25) is 5.82 Å². The molecule has 0 aliphatic heterocycles. The van der Waals surface area contributed by atoms with Gasteiger partial charge in [0.1, 0.15) is 5.75 Å². The average Bonchev–Trinajstić information content (AvgIpc) is 3.26. The molecule has 0 saturated carbocycles. The van der Waals surface area contributed by atoms with Crippen molar-refractivity contribution in [1.82, 2.24) is 20.8 Å². The van der Waals surface area contributed by atoms with E-state index in [2.05, 4.69) is 20.8 Å². The second kappa shape index (κ2) is 9.96. The van der Waals surface area contributed by atoms with Crippen molar-refractivity contribution in [3.05, 3.63) is 70.1 Å². The molecule has 0 aliphatic carbocycles. The molecule has 3 rings (SSSR count). The first-order valence-corrected chi connectivity index (χ1v) is 9.25. The molecule has 0 radical (unpaired) electrons. The molecule has 2 amide bonds. The fourth-order valence-electron chi connectivity index (χ4n) is 2.45. The van der Waals surface area contributed by atoms with Crippen LogP contribution in [0.2, 0.25) is 0 Å². The summed E-state index contributed by atoms with van der Waals surface area (Å²) in [5.74, 6) is -0.505. The van der Waals surface area contributed by atoms with Crippen LogP contribution >= 0.6 is 0 Å². The van der Waals surface area contributed by atoms with E-state index in [1.54, 1.807) is 0 Å². The molecule has 0 atom stereocenters. The molecule has 0 saturated heterocycles. The predicted molar refractivity (Wildman–Crippen MR) is 108 cm³/mol. The van der Waals surface area contributed by atoms with Crippen LogP contribution < -0.4 is 15.4 Å². The molecular formula is C20H19N5O6. The fourth-order valence-corrected chi connectivity index (χ4v) is 2.45. The molecule has 0 aliphatic rings. The Kier molecular flexibility index (Phi) is 6.89. The van der Waals surface area contributed by atoms with Gasteiger partial charge in [0, 0.05) is 30.8 Å². The Hall–Kier alpha value is -4.28. The van der Waals surface area contributed by atoms with E-state index in [0.717, 1.165) is 11.1 Å². The summed E-state index contributed by atoms with van der Waals surface area (Å²) in [5, 5.41) is 19.5. The molecule has 0 spiro atoms. The quantitative estimate of drug-likeness (QED) is 0.300. The van der Waals surface area contributed by atoms with Crippen LogP contribution in [0.1, 0.15) is 16.2 Å². The number of carbonyl (C=O) groups is 2. The van der Waals surface area contributed by atoms with Gasteiger partial charge < -0.3 is 19.9 Å². The lowest BCUT2D eigenvalue weighted by atomic mass is 10.1. The van der Waals surface area contributed by atoms with E-state index >= 15 is 0 Å². The number of rotatable bonds is 9. The molecule has 3 aromatic rings. The molecule has 31 heavy (non-hydrogen) atoms. The van der Waals surface area contributed by atoms with Crippen molar-refractivity contribution in [3.63, 3.8) is 0 Å². The molecule has 0 unspecified atom stereocenters. The minimum absolute atomic E-state index is 0.0697. The number of aromatic nitrogens is 2. The molecular weight excluding hydrogens is 406 g/mol. The molecule has 1 aromatic heterocycles. The summed E-state index contributed by atoms with van der Waals surface area (Å²) < 4.78 is 10.2. The molecule has 11 nitrogen and oxygen atoms in total. The van der Waals surface area contributed by atoms with E-state index in [4.69, 9.17) is 9.26 Å². The third-order valence-electron chi connectivity index (χ3n) is 4.08. The van der Waals surface area contributed by atoms with E-state index in [0.29, 0.717) is 11.6 Å². The first-order chi connectivity index (χ1) is 14.9. The first-order valence-electron chi connectivity index (χ1n) is 9.25. The highest BCUT2D eigenvalue weighted by Crippen LogP contribution is 2.17. The van der Waals surface area contributed by atoms with E-state index in [1.807, 2.05) is 31.2 Å². The molecule has 1 heterocycles. The van der Waals surface area contributed by atoms with E-state index < -0.39 is 16.7 Å². The van der Waals surface area contributed by atoms with Crippen molar-refractivity contribution < 1.29 is 23.8 Å². The normalized spacial score (nSPS) is 10.4. The monoisotopic (exact) mass is 425 g/mol. The number of nitrogens with zero attached hydrogens (tertiary/aromatic N) is 3. The Morgan fingerprint density at radius 2 is 1.74 bits per heavy atom. The Morgan fingerprint density at radius 1 is 1.06 bits per heavy atom. The predicted octanol–water partition coefficient (Wildman–Crippen LogP) is 1.88. The van der Waals surface area contributed by atoms with Crippen LogP contribution in [0.5, 0.6) is 5.75 Å². The van der Waals surface area contributed by atoms with Crippen LogP contribution in [0.4, 0.5) is 5.69 Å². The minimum Gasteiger partial charge on any atom is -0.484 e. The smallest absolute Gasteiger partial charge is 0.316 e. The highest BCUT2D eigenvalue weighted by atomic mass is 16.6. The van der Waals surface area contributed by atoms with E-state index in [-0.39, 0.29) is 31.3 Å². The molecule has 2 aromatic carbocycles. The number of non-ortho nitro benzene ring substituents is 1. The molecule has 11 heteroatoms. The lowest BCUT2D eigenvalue weighted by Crippen LogP contribution is -2.36. The zero-order chi connectivity index (χ0) is 22.2. The van der Waals surface area contributed by atoms with Gasteiger partial charge in [-0.1, -0.05) is 35.0 Å². The average molecular weight is 425 g/mol. The number of ether oxygens (including phenoxy) is 1. The highest BCUT2D eigenvalue weighted by Gasteiger charge is 2.15. The number of aryl methyl sites for hydroxylation is 1. The number of nitro groups is 1. The van der Waals surface area contributed by atoms with Gasteiger partial charge in [0.05, 0.1) is 4.92 Å². The Bertz CT molecular complexity index is 1060. The maximum absolute atomic E-state index is 12.1. The maximum Gasteiger partial charge on any atom is 0.316 e. The summed E-state index contributed by atoms with van der Waals surface area (Å²) in [7, 11) is 0. The summed E-state index contributed by atoms with van der Waals surface area (Å²) in [5.41, 5.74) is 1.75. The van der Waals surface area contributed by atoms with Crippen molar-refractivity contribution in [2.75, 3.05) is 19.7 Å². The largest absolute Gasteiger partial charge is 0.484 e. The van der Waals surface area contributed by atoms with Gasteiger partial charge in [-0.2, -0.15) is 4.98 Å². The van der Waals surface area contributed by atoms with Crippen molar-refractivity contribution >= 4 is 17.5 Å². The number of carbonyl (C=O) groups excluding carboxylic acids is 2. The van der Waals surface area contributed by atoms with Crippen LogP contribution in [0.25, 0.3) is 11.4 Å². The van der Waals surface area contributed by atoms with Gasteiger partial charge in [-0.3, -0.25) is 19.7 Å². The maximum atomic E-state index is 12.1. The molecule has 2 N–H and O–H groups in total. The van der Waals surface area contributed by atoms with E-state index in [1.165, 1.54) is 24.3 Å². The summed E-state index contributed by atoms with van der Waals surface area (Å²) in [6.07, 6.45) is 0. The summed E-state index contributed by atoms with van der Waals surface area (Å²) >= 11 is 0. The van der Waals surface area contributed by atoms with Crippen LogP contribution in [0.15, 0.2) is 53.1 Å². The van der Waals surface area contributed by atoms with Crippen molar-refractivity contribution in [2.24, 2.45) is 0 Å². The number of nitrogens with one attached hydrogen (secondary N) is 2. The van der Waals surface area contributed by atoms with Gasteiger partial charge >= 0.3 is 11.8 Å². The minimum atomic E-state index is -0.553. The zero-order valence-electron chi connectivity index (χ0n) is 16.5. The lowest BCUT2D eigenvalue weighted by Gasteiger charge is -2.07. The first kappa shape index (κ1) is 21.4. The van der Waals surface area contributed by atoms with Gasteiger partial charge in [-0.05, 0) is 19.1 Å². The number of amides is 2. The van der Waals surface area contributed by atoms with Gasteiger partial charge in [-0.25, -0.2) is 0 Å². The molecule has 160 valence electrons. The summed E-state index contributed by atoms with van der Waals surface area (Å²) in [6.45, 7) is 1.99. The standard InChI is InChI=1S/C20H19N5O6/c1-13-2-4-14(5-3-13)18-23-20(31-24-18)19(27)22-11-10-21-17(26)12-30-16-8-6-15(7-9-16)25(28)29/h2-9H,10-12H2,1H3,(H,21,26)(H,22,27). The number of hydrogen-bond acceptors (Lipinski definition) is 8. The highest BCUT2D eigenvalue weighted by molar-refractivity contribution is 5.89. The van der Waals surface area contributed by atoms with Crippen molar-refractivity contribution in [1.29, 1.82) is 0 Å². The fraction of sp³-hybridized carbons (Fsp3) is 0.200. The van der Waals surface area contributed by atoms with E-state index in [9.17, 15) is 19.7 Å².